The van der Waals surface area contributed by atoms with Gasteiger partial charge in [0.2, 0.25) is 11.8 Å². The molecule has 0 radical (unpaired) electrons. The van der Waals surface area contributed by atoms with Crippen LogP contribution in [-0.2, 0) is 9.59 Å². The Labute approximate surface area is 159 Å². The largest absolute Gasteiger partial charge is 0.489 e. The lowest BCUT2D eigenvalue weighted by Gasteiger charge is -2.36. The maximum absolute atomic E-state index is 12.4. The van der Waals surface area contributed by atoms with Gasteiger partial charge in [-0.1, -0.05) is 0 Å². The van der Waals surface area contributed by atoms with Gasteiger partial charge in [-0.2, -0.15) is 0 Å². The molecule has 2 rings (SSSR count). The van der Waals surface area contributed by atoms with E-state index < -0.39 is 5.54 Å². The first kappa shape index (κ1) is 20.5. The topological polar surface area (TPSA) is 91.0 Å². The minimum absolute atomic E-state index is 0.0987. The van der Waals surface area contributed by atoms with Gasteiger partial charge in [-0.25, -0.2) is 0 Å². The van der Waals surface area contributed by atoms with E-state index in [1.54, 1.807) is 46.1 Å². The first-order chi connectivity index (χ1) is 12.6. The van der Waals surface area contributed by atoms with Crippen LogP contribution >= 0.6 is 0 Å². The molecule has 148 valence electrons. The fourth-order valence-electron chi connectivity index (χ4n) is 2.98. The normalized spacial score (nSPS) is 16.1. The van der Waals surface area contributed by atoms with Crippen molar-refractivity contribution in [1.82, 2.24) is 15.5 Å². The van der Waals surface area contributed by atoms with Gasteiger partial charge in [0.05, 0.1) is 18.2 Å². The number of ether oxygens (including phenoxy) is 1. The third kappa shape index (κ3) is 4.50. The van der Waals surface area contributed by atoms with E-state index in [4.69, 9.17) is 4.74 Å². The van der Waals surface area contributed by atoms with Gasteiger partial charge in [-0.05, 0) is 32.0 Å². The summed E-state index contributed by atoms with van der Waals surface area (Å²) in [5.74, 6) is 0.0721. The number of nitrogens with zero attached hydrogens (tertiary/aromatic N) is 2. The molecule has 1 unspecified atom stereocenters. The van der Waals surface area contributed by atoms with E-state index in [1.807, 2.05) is 11.9 Å². The Bertz CT molecular complexity index is 745. The monoisotopic (exact) mass is 376 g/mol. The zero-order valence-corrected chi connectivity index (χ0v) is 16.8. The molecule has 1 aliphatic heterocycles. The predicted octanol–water partition coefficient (Wildman–Crippen LogP) is 0.617. The number of hydrogen-bond acceptors (Lipinski definition) is 5. The summed E-state index contributed by atoms with van der Waals surface area (Å²) in [4.78, 5) is 39.9. The number of fused-ring (bicyclic) bond motifs is 1. The van der Waals surface area contributed by atoms with Crippen LogP contribution in [0.5, 0.6) is 5.75 Å². The molecule has 8 heteroatoms. The number of carbonyl (C=O) groups excluding carboxylic acids is 3. The van der Waals surface area contributed by atoms with E-state index in [0.717, 1.165) is 5.69 Å². The molecule has 1 heterocycles. The first-order valence-corrected chi connectivity index (χ1v) is 8.81. The number of likely N-dealkylation sites (N-methyl/N-ethyl adjacent to an activating group) is 2. The fourth-order valence-corrected chi connectivity index (χ4v) is 2.98. The second kappa shape index (κ2) is 7.85. The number of carbonyl (C=O) groups is 3. The van der Waals surface area contributed by atoms with Crippen LogP contribution in [0.1, 0.15) is 30.6 Å². The highest BCUT2D eigenvalue weighted by Gasteiger charge is 2.32. The number of amides is 3. The molecular formula is C19H28N4O4. The van der Waals surface area contributed by atoms with Gasteiger partial charge in [0.1, 0.15) is 17.9 Å². The predicted molar refractivity (Wildman–Crippen MR) is 103 cm³/mol. The van der Waals surface area contributed by atoms with Crippen molar-refractivity contribution in [3.63, 3.8) is 0 Å². The number of anilines is 1. The Kier molecular flexibility index (Phi) is 5.98. The van der Waals surface area contributed by atoms with Crippen LogP contribution in [-0.4, -0.2) is 69.0 Å². The second-order valence-electron chi connectivity index (χ2n) is 7.41. The van der Waals surface area contributed by atoms with E-state index in [-0.39, 0.29) is 30.2 Å². The summed E-state index contributed by atoms with van der Waals surface area (Å²) in [6.45, 7) is 3.65. The maximum atomic E-state index is 12.4. The van der Waals surface area contributed by atoms with Crippen molar-refractivity contribution >= 4 is 23.4 Å². The van der Waals surface area contributed by atoms with Gasteiger partial charge in [-0.3, -0.25) is 14.4 Å². The summed E-state index contributed by atoms with van der Waals surface area (Å²) >= 11 is 0. The minimum Gasteiger partial charge on any atom is -0.489 e. The van der Waals surface area contributed by atoms with Gasteiger partial charge in [0.15, 0.2) is 0 Å². The zero-order chi connectivity index (χ0) is 20.4. The van der Waals surface area contributed by atoms with E-state index in [9.17, 15) is 14.4 Å². The summed E-state index contributed by atoms with van der Waals surface area (Å²) in [6, 6.07) is 5.07. The third-order valence-electron chi connectivity index (χ3n) is 4.64. The molecule has 0 bridgehead atoms. The smallest absolute Gasteiger partial charge is 0.253 e. The highest BCUT2D eigenvalue weighted by Crippen LogP contribution is 2.34. The van der Waals surface area contributed by atoms with E-state index in [1.165, 1.54) is 11.9 Å². The molecule has 2 N–H and O–H groups in total. The number of benzene rings is 1. The van der Waals surface area contributed by atoms with Gasteiger partial charge in [-0.15, -0.1) is 0 Å². The highest BCUT2D eigenvalue weighted by atomic mass is 16.5. The van der Waals surface area contributed by atoms with Crippen molar-refractivity contribution in [3.05, 3.63) is 23.8 Å². The summed E-state index contributed by atoms with van der Waals surface area (Å²) in [5.41, 5.74) is 0.320. The van der Waals surface area contributed by atoms with Crippen molar-refractivity contribution in [2.45, 2.75) is 31.8 Å². The molecule has 0 saturated carbocycles. The lowest BCUT2D eigenvalue weighted by atomic mass is 10.0. The van der Waals surface area contributed by atoms with Gasteiger partial charge < -0.3 is 25.2 Å². The van der Waals surface area contributed by atoms with Gasteiger partial charge in [0.25, 0.3) is 5.91 Å². The SMILES string of the molecule is CNC(=O)C(C)(C)NC(=O)CC1COc2ccc(C(=O)N(C)C)cc2N1C. The molecule has 1 atom stereocenters. The molecule has 1 aromatic carbocycles. The molecule has 0 spiro atoms. The average molecular weight is 376 g/mol. The molecular weight excluding hydrogens is 348 g/mol. The Balaban J connectivity index is 2.12. The molecule has 0 saturated heterocycles. The van der Waals surface area contributed by atoms with Gasteiger partial charge >= 0.3 is 0 Å². The van der Waals surface area contributed by atoms with Crippen LogP contribution in [0, 0.1) is 0 Å². The number of rotatable bonds is 5. The van der Waals surface area contributed by atoms with E-state index in [0.29, 0.717) is 17.9 Å². The molecule has 0 aliphatic carbocycles. The molecule has 8 nitrogen and oxygen atoms in total. The lowest BCUT2D eigenvalue weighted by molar-refractivity contribution is -0.132. The molecule has 27 heavy (non-hydrogen) atoms. The summed E-state index contributed by atoms with van der Waals surface area (Å²) < 4.78 is 5.78. The average Bonchev–Trinajstić information content (AvgIpc) is 2.61. The Hall–Kier alpha value is -2.77. The fraction of sp³-hybridized carbons (Fsp3) is 0.526. The minimum atomic E-state index is -0.997. The van der Waals surface area contributed by atoms with Crippen LogP contribution < -0.4 is 20.3 Å². The van der Waals surface area contributed by atoms with Crippen molar-refractivity contribution in [1.29, 1.82) is 0 Å². The highest BCUT2D eigenvalue weighted by molar-refractivity contribution is 5.95. The van der Waals surface area contributed by atoms with E-state index >= 15 is 0 Å². The summed E-state index contributed by atoms with van der Waals surface area (Å²) in [7, 11) is 6.79. The van der Waals surface area contributed by atoms with Crippen LogP contribution in [0.4, 0.5) is 5.69 Å². The molecule has 1 aromatic rings. The Morgan fingerprint density at radius 3 is 2.56 bits per heavy atom. The Morgan fingerprint density at radius 2 is 1.96 bits per heavy atom. The standard InChI is InChI=1S/C19H28N4O4/c1-19(2,18(26)20-3)21-16(24)10-13-11-27-15-8-7-12(17(25)22(4)5)9-14(15)23(13)6/h7-9,13H,10-11H2,1-6H3,(H,20,26)(H,21,24). The van der Waals surface area contributed by atoms with Crippen LogP contribution in [0.2, 0.25) is 0 Å². The quantitative estimate of drug-likeness (QED) is 0.786. The summed E-state index contributed by atoms with van der Waals surface area (Å²) in [6.07, 6.45) is 0.169. The lowest BCUT2D eigenvalue weighted by Crippen LogP contribution is -2.55. The van der Waals surface area contributed by atoms with Crippen molar-refractivity contribution < 1.29 is 19.1 Å². The first-order valence-electron chi connectivity index (χ1n) is 8.81. The van der Waals surface area contributed by atoms with Crippen LogP contribution in [0.3, 0.4) is 0 Å². The van der Waals surface area contributed by atoms with Crippen molar-refractivity contribution in [2.75, 3.05) is 39.7 Å². The Morgan fingerprint density at radius 1 is 1.30 bits per heavy atom. The second-order valence-corrected chi connectivity index (χ2v) is 7.41. The molecule has 3 amide bonds. The molecule has 0 fully saturated rings. The van der Waals surface area contributed by atoms with Crippen LogP contribution in [0.25, 0.3) is 0 Å². The van der Waals surface area contributed by atoms with Crippen molar-refractivity contribution in [3.8, 4) is 5.75 Å². The van der Waals surface area contributed by atoms with E-state index in [2.05, 4.69) is 10.6 Å². The molecule has 1 aliphatic rings. The number of nitrogens with one attached hydrogen (secondary N) is 2. The van der Waals surface area contributed by atoms with Gasteiger partial charge in [0, 0.05) is 33.8 Å². The summed E-state index contributed by atoms with van der Waals surface area (Å²) in [5, 5.41) is 5.29. The molecule has 0 aromatic heterocycles. The van der Waals surface area contributed by atoms with Crippen LogP contribution in [0.15, 0.2) is 18.2 Å². The number of hydrogen-bond donors (Lipinski definition) is 2. The maximum Gasteiger partial charge on any atom is 0.253 e. The van der Waals surface area contributed by atoms with Crippen molar-refractivity contribution in [2.24, 2.45) is 0 Å². The third-order valence-corrected chi connectivity index (χ3v) is 4.64. The zero-order valence-electron chi connectivity index (χ0n) is 16.8.